The van der Waals surface area contributed by atoms with Crippen LogP contribution in [0.25, 0.3) is 22.3 Å². The summed E-state index contributed by atoms with van der Waals surface area (Å²) < 4.78 is 1.45. The molecule has 0 aliphatic rings. The van der Waals surface area contributed by atoms with Crippen LogP contribution in [0.2, 0.25) is 0 Å². The van der Waals surface area contributed by atoms with Crippen molar-refractivity contribution in [1.82, 2.24) is 29.7 Å². The first-order chi connectivity index (χ1) is 9.24. The Morgan fingerprint density at radius 1 is 0.903 bits per heavy atom. The second-order valence-corrected chi connectivity index (χ2v) is 4.01. The van der Waals surface area contributed by atoms with E-state index in [1.54, 1.807) is 7.05 Å². The van der Waals surface area contributed by atoms with Gasteiger partial charge in [-0.2, -0.15) is 0 Å². The topological polar surface area (TPSA) is 84.7 Å². The number of fused-ring (bicyclic) bond motifs is 1. The van der Waals surface area contributed by atoms with Crippen LogP contribution < -0.4 is 4.98 Å². The van der Waals surface area contributed by atoms with Crippen LogP contribution in [0.5, 0.6) is 0 Å². The van der Waals surface area contributed by atoms with Gasteiger partial charge in [0.05, 0.1) is 0 Å². The van der Waals surface area contributed by atoms with E-state index in [9.17, 15) is 0 Å². The number of imidazole rings is 1. The minimum atomic E-state index is 0. The molecule has 0 aliphatic carbocycles. The van der Waals surface area contributed by atoms with Crippen LogP contribution in [0.4, 0.5) is 5.95 Å². The Hall–Kier alpha value is 6.13. The van der Waals surface area contributed by atoms with Crippen LogP contribution in [0.3, 0.4) is 0 Å². The van der Waals surface area contributed by atoms with Crippen molar-refractivity contribution < 1.29 is 265 Å². The maximum atomic E-state index is 4.49. The van der Waals surface area contributed by atoms with Gasteiger partial charge in [-0.25, -0.2) is 0 Å². The molecule has 31 heavy (non-hydrogen) atoms. The zero-order chi connectivity index (χ0) is 13.4. The number of pyridine rings is 1. The molecule has 3 rings (SSSR count). The second-order valence-electron chi connectivity index (χ2n) is 4.01. The van der Waals surface area contributed by atoms with Crippen molar-refractivity contribution in [1.29, 1.82) is 0 Å². The third-order valence-electron chi connectivity index (χ3n) is 2.93. The van der Waals surface area contributed by atoms with Crippen molar-refractivity contribution in [3.8, 4) is 5.95 Å². The third-order valence-corrected chi connectivity index (χ3v) is 2.93. The van der Waals surface area contributed by atoms with Crippen molar-refractivity contribution >= 4 is 17.0 Å². The molecule has 0 bridgehead atoms. The normalized spacial score (nSPS) is 6.81. The van der Waals surface area contributed by atoms with Crippen LogP contribution in [0.1, 0.15) is 18.2 Å². The van der Waals surface area contributed by atoms with Crippen molar-refractivity contribution in [2.75, 3.05) is 7.05 Å². The molecule has 19 heteroatoms. The Morgan fingerprint density at radius 2 is 1.42 bits per heavy atom. The van der Waals surface area contributed by atoms with E-state index in [0.717, 1.165) is 23.2 Å². The summed E-state index contributed by atoms with van der Waals surface area (Å²) in [5.41, 5.74) is 3.44. The summed E-state index contributed by atoms with van der Waals surface area (Å²) in [5, 5.41) is 7.95. The standard InChI is InChI=1S/C12H11N7.9V.3Y/c1-4-8-7(2)14-5-9-10(8)18-12(17-9)19-11(13-3)15-6-16-19;;;;;;;;;;;;/h4H2,1-3H3;;;;;;;;;;;;/q-4;;;;;;;;;;;;. The van der Waals surface area contributed by atoms with Crippen LogP contribution in [-0.2, 0) is 272 Å². The van der Waals surface area contributed by atoms with E-state index in [2.05, 4.69) is 49.8 Å². The van der Waals surface area contributed by atoms with Gasteiger partial charge in [-0.1, -0.05) is 44.7 Å². The van der Waals surface area contributed by atoms with E-state index in [0.29, 0.717) is 17.4 Å². The van der Waals surface area contributed by atoms with Gasteiger partial charge in [-0.15, -0.1) is 23.4 Å². The molecule has 3 aromatic heterocycles. The van der Waals surface area contributed by atoms with E-state index in [-0.39, 0.29) is 265 Å². The van der Waals surface area contributed by atoms with Gasteiger partial charge in [-0.05, 0) is 0 Å². The smallest absolute Gasteiger partial charge is 0.00841 e. The predicted molar refractivity (Wildman–Crippen MR) is 68.5 cm³/mol. The van der Waals surface area contributed by atoms with E-state index in [4.69, 9.17) is 0 Å². The van der Waals surface area contributed by atoms with E-state index >= 15 is 0 Å². The molecule has 0 aliphatic heterocycles. The quantitative estimate of drug-likeness (QED) is 0.370. The molecule has 0 N–H and O–H groups in total. The molecule has 152 valence electrons. The summed E-state index contributed by atoms with van der Waals surface area (Å²) in [6.07, 6.45) is 6.23. The molecular formula is C12H11N7V9Y3-4. The Morgan fingerprint density at radius 3 is 1.87 bits per heavy atom. The minimum absolute atomic E-state index is 0. The minimum Gasteiger partial charge on any atom is -0.548 e. The van der Waals surface area contributed by atoms with Gasteiger partial charge in [-0.3, -0.25) is 0 Å². The predicted octanol–water partition coefficient (Wildman–Crippen LogP) is 1.24. The molecule has 0 saturated heterocycles. The van der Waals surface area contributed by atoms with Gasteiger partial charge in [0.1, 0.15) is 0 Å². The maximum Gasteiger partial charge on any atom is 0.00841 e. The second kappa shape index (κ2) is 34.2. The monoisotopic (exact) mass is 978 g/mol. The number of nitrogens with zero attached hydrogens (tertiary/aromatic N) is 7. The summed E-state index contributed by atoms with van der Waals surface area (Å²) in [7, 11) is 1.63. The van der Waals surface area contributed by atoms with Crippen molar-refractivity contribution in [2.45, 2.75) is 20.3 Å². The van der Waals surface area contributed by atoms with Crippen LogP contribution in [-0.4, -0.2) is 31.8 Å². The Kier molecular flexibility index (Phi) is 72.6. The fourth-order valence-corrected chi connectivity index (χ4v) is 2.00. The van der Waals surface area contributed by atoms with Gasteiger partial charge >= 0.3 is 0 Å². The number of hydrogen-bond acceptors (Lipinski definition) is 4. The van der Waals surface area contributed by atoms with Crippen LogP contribution >= 0.6 is 0 Å². The third kappa shape index (κ3) is 17.4. The maximum absolute atomic E-state index is 4.49. The van der Waals surface area contributed by atoms with E-state index < -0.39 is 0 Å². The largest absolute Gasteiger partial charge is 0.548 e. The summed E-state index contributed by atoms with van der Waals surface area (Å²) in [4.78, 5) is 17.0. The molecule has 0 saturated carbocycles. The first-order valence-corrected chi connectivity index (χ1v) is 5.89. The SMILES string of the molecule is CCc1c(C)n[c-]c2nc(-n3n[c-]nc3[N-]C)[n-]c12.[V].[V].[V].[V].[V].[V].[V].[V].[V].[Y].[Y].[Y]. The molecule has 3 heterocycles. The molecule has 0 atom stereocenters. The zero-order valence-corrected chi connectivity index (χ0v) is 37.7. The summed E-state index contributed by atoms with van der Waals surface area (Å²) in [5.74, 6) is 0.834. The summed E-state index contributed by atoms with van der Waals surface area (Å²) in [6.45, 7) is 4.01. The first-order valence-electron chi connectivity index (χ1n) is 5.89. The van der Waals surface area contributed by atoms with Crippen LogP contribution in [0, 0.1) is 19.4 Å². The summed E-state index contributed by atoms with van der Waals surface area (Å²) in [6, 6.07) is 0. The molecular weight excluding hydrogens is 967 g/mol. The Labute approximate surface area is 366 Å². The molecule has 7 nitrogen and oxygen atoms in total. The molecule has 12 radical (unpaired) electrons. The fourth-order valence-electron chi connectivity index (χ4n) is 2.00. The van der Waals surface area contributed by atoms with Crippen molar-refractivity contribution in [3.63, 3.8) is 0 Å². The Bertz CT molecular complexity index is 764. The van der Waals surface area contributed by atoms with Gasteiger partial charge in [0.2, 0.25) is 0 Å². The van der Waals surface area contributed by atoms with E-state index in [1.807, 2.05) is 6.92 Å². The molecule has 0 unspecified atom stereocenters. The van der Waals surface area contributed by atoms with Crippen molar-refractivity contribution in [3.05, 3.63) is 29.1 Å². The first kappa shape index (κ1) is 65.9. The molecule has 0 fully saturated rings. The Balaban J connectivity index is -0.0000000459. The zero-order valence-electron chi connectivity index (χ0n) is 16.6. The molecule has 0 spiro atoms. The number of hydrogen-bond donors (Lipinski definition) is 0. The number of aryl methyl sites for hydroxylation is 2. The summed E-state index contributed by atoms with van der Waals surface area (Å²) >= 11 is 0. The molecule has 0 aromatic carbocycles. The average Bonchev–Trinajstić information content (AvgIpc) is 3.03. The van der Waals surface area contributed by atoms with Crippen LogP contribution in [0.15, 0.2) is 0 Å². The fraction of sp³-hybridized carbons (Fsp3) is 0.333. The van der Waals surface area contributed by atoms with E-state index in [1.165, 1.54) is 4.68 Å². The number of aromatic nitrogens is 6. The van der Waals surface area contributed by atoms with Gasteiger partial charge in [0.25, 0.3) is 0 Å². The number of rotatable bonds is 3. The van der Waals surface area contributed by atoms with Gasteiger partial charge in [0, 0.05) is 271 Å². The van der Waals surface area contributed by atoms with Gasteiger partial charge < -0.3 is 35.0 Å². The molecule has 3 aromatic rings. The average molecular weight is 978 g/mol. The van der Waals surface area contributed by atoms with Gasteiger partial charge in [0.15, 0.2) is 0 Å². The molecule has 0 amide bonds. The van der Waals surface area contributed by atoms with Crippen molar-refractivity contribution in [2.24, 2.45) is 0 Å².